The summed E-state index contributed by atoms with van der Waals surface area (Å²) in [5.74, 6) is 1.15. The van der Waals surface area contributed by atoms with Crippen molar-refractivity contribution in [2.45, 2.75) is 69.7 Å². The number of unbranched alkanes of at least 4 members (excludes halogenated alkanes) is 4. The van der Waals surface area contributed by atoms with Gasteiger partial charge in [0.15, 0.2) is 0 Å². The molecule has 0 bridgehead atoms. The van der Waals surface area contributed by atoms with Crippen molar-refractivity contribution in [3.63, 3.8) is 0 Å². The van der Waals surface area contributed by atoms with Crippen LogP contribution in [0.5, 0.6) is 0 Å². The molecule has 0 spiro atoms. The summed E-state index contributed by atoms with van der Waals surface area (Å²) in [6.07, 6.45) is 9.33. The van der Waals surface area contributed by atoms with Crippen LogP contribution in [0.25, 0.3) is 0 Å². The molecule has 1 N–H and O–H groups in total. The molecule has 0 heterocycles. The Balaban J connectivity index is 2.29. The van der Waals surface area contributed by atoms with Crippen LogP contribution >= 0.6 is 23.4 Å². The van der Waals surface area contributed by atoms with Gasteiger partial charge in [-0.1, -0.05) is 57.6 Å². The van der Waals surface area contributed by atoms with E-state index in [-0.39, 0.29) is 0 Å². The zero-order valence-electron chi connectivity index (χ0n) is 13.5. The lowest BCUT2D eigenvalue weighted by atomic mass is 10.1. The fourth-order valence-electron chi connectivity index (χ4n) is 2.31. The van der Waals surface area contributed by atoms with Gasteiger partial charge >= 0.3 is 0 Å². The number of hydrogen-bond donors (Lipinski definition) is 1. The van der Waals surface area contributed by atoms with Crippen LogP contribution in [0.15, 0.2) is 29.2 Å². The molecule has 0 aliphatic heterocycles. The molecule has 1 atom stereocenters. The smallest absolute Gasteiger partial charge is 0.0406 e. The summed E-state index contributed by atoms with van der Waals surface area (Å²) < 4.78 is 0. The van der Waals surface area contributed by atoms with Gasteiger partial charge in [0.1, 0.15) is 0 Å². The minimum absolute atomic E-state index is 0.632. The van der Waals surface area contributed by atoms with Crippen LogP contribution in [0.3, 0.4) is 0 Å². The first kappa shape index (κ1) is 18.9. The Labute approximate surface area is 140 Å². The molecule has 1 aromatic carbocycles. The van der Waals surface area contributed by atoms with Gasteiger partial charge in [0.25, 0.3) is 0 Å². The topological polar surface area (TPSA) is 12.0 Å². The van der Waals surface area contributed by atoms with Crippen LogP contribution in [0, 0.1) is 0 Å². The van der Waals surface area contributed by atoms with Crippen LogP contribution in [-0.2, 0) is 0 Å². The van der Waals surface area contributed by atoms with Crippen molar-refractivity contribution in [1.29, 1.82) is 0 Å². The average Bonchev–Trinajstić information content (AvgIpc) is 2.50. The fraction of sp³-hybridized carbons (Fsp3) is 0.667. The Morgan fingerprint density at radius 3 is 2.38 bits per heavy atom. The SMILES string of the molecule is CCCCCCCC(CSc1ccc(Cl)cc1)NCCC. The molecular weight excluding hydrogens is 298 g/mol. The minimum Gasteiger partial charge on any atom is -0.313 e. The quantitative estimate of drug-likeness (QED) is 0.364. The van der Waals surface area contributed by atoms with E-state index in [1.165, 1.54) is 49.8 Å². The molecule has 3 heteroatoms. The van der Waals surface area contributed by atoms with Gasteiger partial charge < -0.3 is 5.32 Å². The standard InChI is InChI=1S/C18H30ClNS/c1-3-5-6-7-8-9-17(20-14-4-2)15-21-18-12-10-16(19)11-13-18/h10-13,17,20H,3-9,14-15H2,1-2H3. The molecular formula is C18H30ClNS. The molecule has 21 heavy (non-hydrogen) atoms. The third-order valence-electron chi connectivity index (χ3n) is 3.60. The van der Waals surface area contributed by atoms with Gasteiger partial charge in [-0.25, -0.2) is 0 Å². The summed E-state index contributed by atoms with van der Waals surface area (Å²) >= 11 is 7.87. The van der Waals surface area contributed by atoms with Crippen LogP contribution in [0.2, 0.25) is 5.02 Å². The maximum atomic E-state index is 5.93. The second-order valence-electron chi connectivity index (χ2n) is 5.62. The van der Waals surface area contributed by atoms with Gasteiger partial charge in [0.05, 0.1) is 0 Å². The Bertz CT molecular complexity index is 353. The Hall–Kier alpha value is -0.180. The summed E-state index contributed by atoms with van der Waals surface area (Å²) in [7, 11) is 0. The van der Waals surface area contributed by atoms with E-state index in [1.54, 1.807) is 0 Å². The zero-order chi connectivity index (χ0) is 15.3. The summed E-state index contributed by atoms with van der Waals surface area (Å²) in [5.41, 5.74) is 0. The molecule has 1 rings (SSSR count). The third kappa shape index (κ3) is 9.44. The van der Waals surface area contributed by atoms with E-state index in [9.17, 15) is 0 Å². The van der Waals surface area contributed by atoms with Crippen molar-refractivity contribution in [2.75, 3.05) is 12.3 Å². The monoisotopic (exact) mass is 327 g/mol. The van der Waals surface area contributed by atoms with E-state index in [2.05, 4.69) is 31.3 Å². The molecule has 0 amide bonds. The van der Waals surface area contributed by atoms with Crippen LogP contribution < -0.4 is 5.32 Å². The van der Waals surface area contributed by atoms with E-state index in [1.807, 2.05) is 23.9 Å². The molecule has 1 unspecified atom stereocenters. The highest BCUT2D eigenvalue weighted by atomic mass is 35.5. The number of hydrogen-bond acceptors (Lipinski definition) is 2. The van der Waals surface area contributed by atoms with Crippen molar-refractivity contribution < 1.29 is 0 Å². The second-order valence-corrected chi connectivity index (χ2v) is 7.15. The fourth-order valence-corrected chi connectivity index (χ4v) is 3.45. The van der Waals surface area contributed by atoms with E-state index >= 15 is 0 Å². The number of nitrogens with one attached hydrogen (secondary N) is 1. The second kappa shape index (κ2) is 12.4. The Morgan fingerprint density at radius 1 is 1.00 bits per heavy atom. The summed E-state index contributed by atoms with van der Waals surface area (Å²) in [6, 6.07) is 8.81. The highest BCUT2D eigenvalue weighted by molar-refractivity contribution is 7.99. The molecule has 0 aromatic heterocycles. The molecule has 0 radical (unpaired) electrons. The van der Waals surface area contributed by atoms with Crippen molar-refractivity contribution in [3.8, 4) is 0 Å². The lowest BCUT2D eigenvalue weighted by Gasteiger charge is -2.18. The Morgan fingerprint density at radius 2 is 1.71 bits per heavy atom. The van der Waals surface area contributed by atoms with E-state index in [0.29, 0.717) is 6.04 Å². The maximum Gasteiger partial charge on any atom is 0.0406 e. The number of halogens is 1. The van der Waals surface area contributed by atoms with Crippen molar-refractivity contribution >= 4 is 23.4 Å². The van der Waals surface area contributed by atoms with Gasteiger partial charge in [-0.15, -0.1) is 11.8 Å². The zero-order valence-corrected chi connectivity index (χ0v) is 15.1. The van der Waals surface area contributed by atoms with Crippen LogP contribution in [-0.4, -0.2) is 18.3 Å². The number of thioether (sulfide) groups is 1. The van der Waals surface area contributed by atoms with Gasteiger partial charge in [-0.2, -0.15) is 0 Å². The van der Waals surface area contributed by atoms with Crippen LogP contribution in [0.4, 0.5) is 0 Å². The van der Waals surface area contributed by atoms with E-state index in [0.717, 1.165) is 17.3 Å². The Kier molecular flexibility index (Phi) is 11.1. The van der Waals surface area contributed by atoms with Gasteiger partial charge in [-0.3, -0.25) is 0 Å². The normalized spacial score (nSPS) is 12.5. The van der Waals surface area contributed by atoms with Gasteiger partial charge in [0, 0.05) is 21.7 Å². The summed E-state index contributed by atoms with van der Waals surface area (Å²) in [5, 5.41) is 4.51. The highest BCUT2D eigenvalue weighted by Gasteiger charge is 2.08. The molecule has 0 fully saturated rings. The third-order valence-corrected chi connectivity index (χ3v) is 5.03. The van der Waals surface area contributed by atoms with Crippen molar-refractivity contribution in [3.05, 3.63) is 29.3 Å². The first-order valence-corrected chi connectivity index (χ1v) is 9.74. The first-order chi connectivity index (χ1) is 10.3. The molecule has 1 nitrogen and oxygen atoms in total. The molecule has 0 saturated carbocycles. The lowest BCUT2D eigenvalue weighted by Crippen LogP contribution is -2.31. The van der Waals surface area contributed by atoms with Gasteiger partial charge in [0.2, 0.25) is 0 Å². The predicted molar refractivity (Wildman–Crippen MR) is 97.6 cm³/mol. The first-order valence-electron chi connectivity index (χ1n) is 8.38. The average molecular weight is 328 g/mol. The highest BCUT2D eigenvalue weighted by Crippen LogP contribution is 2.22. The molecule has 1 aromatic rings. The minimum atomic E-state index is 0.632. The molecule has 0 aliphatic rings. The van der Waals surface area contributed by atoms with Crippen LogP contribution in [0.1, 0.15) is 58.8 Å². The van der Waals surface area contributed by atoms with Crippen molar-refractivity contribution in [2.24, 2.45) is 0 Å². The lowest BCUT2D eigenvalue weighted by molar-refractivity contribution is 0.485. The van der Waals surface area contributed by atoms with E-state index < -0.39 is 0 Å². The largest absolute Gasteiger partial charge is 0.313 e. The van der Waals surface area contributed by atoms with Crippen molar-refractivity contribution in [1.82, 2.24) is 5.32 Å². The molecule has 120 valence electrons. The van der Waals surface area contributed by atoms with Gasteiger partial charge in [-0.05, 0) is 43.7 Å². The summed E-state index contributed by atoms with van der Waals surface area (Å²) in [6.45, 7) is 5.63. The van der Waals surface area contributed by atoms with E-state index in [4.69, 9.17) is 11.6 Å². The molecule has 0 saturated heterocycles. The number of benzene rings is 1. The maximum absolute atomic E-state index is 5.93. The predicted octanol–water partition coefficient (Wildman–Crippen LogP) is 6.16. The molecule has 0 aliphatic carbocycles. The number of rotatable bonds is 12. The summed E-state index contributed by atoms with van der Waals surface area (Å²) in [4.78, 5) is 1.31.